The predicted molar refractivity (Wildman–Crippen MR) is 83.6 cm³/mol. The molecule has 0 aromatic heterocycles. The van der Waals surface area contributed by atoms with Crippen LogP contribution < -0.4 is 10.6 Å². The SMILES string of the molecule is CCOC(=O)c1cccc(N)c1N1CCC(COC)CC1. The maximum atomic E-state index is 12.1. The summed E-state index contributed by atoms with van der Waals surface area (Å²) in [6.45, 7) is 4.73. The Bertz CT molecular complexity index is 482. The fourth-order valence-electron chi connectivity index (χ4n) is 2.85. The molecule has 1 aliphatic rings. The van der Waals surface area contributed by atoms with Crippen molar-refractivity contribution in [2.45, 2.75) is 19.8 Å². The number of carbonyl (C=O) groups excluding carboxylic acids is 1. The number of methoxy groups -OCH3 is 1. The Kier molecular flexibility index (Phi) is 5.44. The number of ether oxygens (including phenoxy) is 2. The van der Waals surface area contributed by atoms with E-state index in [1.165, 1.54) is 0 Å². The van der Waals surface area contributed by atoms with E-state index in [1.807, 2.05) is 6.07 Å². The molecule has 0 saturated carbocycles. The van der Waals surface area contributed by atoms with Crippen molar-refractivity contribution < 1.29 is 14.3 Å². The number of nitrogen functional groups attached to an aromatic ring is 1. The summed E-state index contributed by atoms with van der Waals surface area (Å²) in [5.41, 5.74) is 8.10. The van der Waals surface area contributed by atoms with E-state index in [1.54, 1.807) is 26.2 Å². The molecule has 1 heterocycles. The fraction of sp³-hybridized carbons (Fsp3) is 0.562. The number of benzene rings is 1. The molecule has 5 nitrogen and oxygen atoms in total. The van der Waals surface area contributed by atoms with E-state index < -0.39 is 0 Å². The Hall–Kier alpha value is -1.75. The van der Waals surface area contributed by atoms with Gasteiger partial charge in [-0.3, -0.25) is 0 Å². The minimum absolute atomic E-state index is 0.307. The van der Waals surface area contributed by atoms with E-state index in [0.717, 1.165) is 38.2 Å². The Morgan fingerprint density at radius 3 is 2.71 bits per heavy atom. The second-order valence-electron chi connectivity index (χ2n) is 5.35. The standard InChI is InChI=1S/C16H24N2O3/c1-3-21-16(19)13-5-4-6-14(17)15(13)18-9-7-12(8-10-18)11-20-2/h4-6,12H,3,7-11,17H2,1-2H3. The van der Waals surface area contributed by atoms with Gasteiger partial charge in [0.1, 0.15) is 0 Å². The van der Waals surface area contributed by atoms with E-state index in [-0.39, 0.29) is 5.97 Å². The highest BCUT2D eigenvalue weighted by Crippen LogP contribution is 2.32. The van der Waals surface area contributed by atoms with Crippen molar-refractivity contribution in [2.24, 2.45) is 5.92 Å². The summed E-state index contributed by atoms with van der Waals surface area (Å²) >= 11 is 0. The molecule has 1 aromatic carbocycles. The minimum Gasteiger partial charge on any atom is -0.462 e. The zero-order chi connectivity index (χ0) is 15.2. The van der Waals surface area contributed by atoms with Gasteiger partial charge in [0.25, 0.3) is 0 Å². The van der Waals surface area contributed by atoms with Gasteiger partial charge in [-0.05, 0) is 37.8 Å². The van der Waals surface area contributed by atoms with Crippen LogP contribution in [0.25, 0.3) is 0 Å². The lowest BCUT2D eigenvalue weighted by atomic mass is 9.96. The van der Waals surface area contributed by atoms with Crippen molar-refractivity contribution in [1.82, 2.24) is 0 Å². The van der Waals surface area contributed by atoms with Crippen molar-refractivity contribution in [3.63, 3.8) is 0 Å². The molecule has 2 N–H and O–H groups in total. The van der Waals surface area contributed by atoms with Crippen LogP contribution in [0.5, 0.6) is 0 Å². The van der Waals surface area contributed by atoms with Gasteiger partial charge >= 0.3 is 5.97 Å². The summed E-state index contributed by atoms with van der Waals surface area (Å²) in [5.74, 6) is 0.279. The second kappa shape index (κ2) is 7.31. The van der Waals surface area contributed by atoms with Crippen LogP contribution >= 0.6 is 0 Å². The van der Waals surface area contributed by atoms with Crippen molar-refractivity contribution in [3.8, 4) is 0 Å². The normalized spacial score (nSPS) is 16.0. The summed E-state index contributed by atoms with van der Waals surface area (Å²) in [6, 6.07) is 5.41. The van der Waals surface area contributed by atoms with Crippen LogP contribution in [-0.2, 0) is 9.47 Å². The number of esters is 1. The lowest BCUT2D eigenvalue weighted by Crippen LogP contribution is -2.36. The molecular formula is C16H24N2O3. The van der Waals surface area contributed by atoms with E-state index in [0.29, 0.717) is 23.8 Å². The van der Waals surface area contributed by atoms with Gasteiger partial charge in [0.15, 0.2) is 0 Å². The highest BCUT2D eigenvalue weighted by molar-refractivity contribution is 5.99. The molecule has 116 valence electrons. The van der Waals surface area contributed by atoms with Crippen LogP contribution in [0.2, 0.25) is 0 Å². The number of nitrogens with zero attached hydrogens (tertiary/aromatic N) is 1. The van der Waals surface area contributed by atoms with Gasteiger partial charge in [0.05, 0.1) is 23.5 Å². The maximum absolute atomic E-state index is 12.1. The lowest BCUT2D eigenvalue weighted by molar-refractivity contribution is 0.0527. The third kappa shape index (κ3) is 3.67. The molecule has 1 saturated heterocycles. The molecule has 0 unspecified atom stereocenters. The molecule has 1 aromatic rings. The van der Waals surface area contributed by atoms with Gasteiger partial charge in [-0.25, -0.2) is 4.79 Å². The van der Waals surface area contributed by atoms with Crippen LogP contribution in [0.1, 0.15) is 30.1 Å². The Balaban J connectivity index is 2.18. The average Bonchev–Trinajstić information content (AvgIpc) is 2.48. The van der Waals surface area contributed by atoms with E-state index in [9.17, 15) is 4.79 Å². The summed E-state index contributed by atoms with van der Waals surface area (Å²) < 4.78 is 10.4. The largest absolute Gasteiger partial charge is 0.462 e. The van der Waals surface area contributed by atoms with Crippen molar-refractivity contribution in [2.75, 3.05) is 44.0 Å². The summed E-state index contributed by atoms with van der Waals surface area (Å²) in [4.78, 5) is 14.3. The molecule has 1 fully saturated rings. The van der Waals surface area contributed by atoms with Crippen molar-refractivity contribution in [3.05, 3.63) is 23.8 Å². The van der Waals surface area contributed by atoms with Gasteiger partial charge in [-0.15, -0.1) is 0 Å². The predicted octanol–water partition coefficient (Wildman–Crippen LogP) is 2.31. The maximum Gasteiger partial charge on any atom is 0.340 e. The number of para-hydroxylation sites is 1. The van der Waals surface area contributed by atoms with Crippen LogP contribution in [0.4, 0.5) is 11.4 Å². The summed E-state index contributed by atoms with van der Waals surface area (Å²) in [5, 5.41) is 0. The minimum atomic E-state index is -0.307. The van der Waals surface area contributed by atoms with Crippen LogP contribution in [-0.4, -0.2) is 39.4 Å². The molecule has 0 radical (unpaired) electrons. The third-order valence-electron chi connectivity index (χ3n) is 3.90. The number of rotatable bonds is 5. The molecule has 0 atom stereocenters. The van der Waals surface area contributed by atoms with E-state index in [2.05, 4.69) is 4.90 Å². The van der Waals surface area contributed by atoms with Crippen molar-refractivity contribution in [1.29, 1.82) is 0 Å². The highest BCUT2D eigenvalue weighted by atomic mass is 16.5. The van der Waals surface area contributed by atoms with E-state index in [4.69, 9.17) is 15.2 Å². The highest BCUT2D eigenvalue weighted by Gasteiger charge is 2.24. The topological polar surface area (TPSA) is 64.8 Å². The molecule has 2 rings (SSSR count). The Labute approximate surface area is 126 Å². The smallest absolute Gasteiger partial charge is 0.340 e. The summed E-state index contributed by atoms with van der Waals surface area (Å²) in [6.07, 6.45) is 2.09. The molecule has 0 spiro atoms. The van der Waals surface area contributed by atoms with Gasteiger partial charge in [0.2, 0.25) is 0 Å². The number of piperidine rings is 1. The number of hydrogen-bond acceptors (Lipinski definition) is 5. The zero-order valence-corrected chi connectivity index (χ0v) is 12.8. The molecule has 0 amide bonds. The van der Waals surface area contributed by atoms with Crippen LogP contribution in [0, 0.1) is 5.92 Å². The molecule has 0 aliphatic carbocycles. The van der Waals surface area contributed by atoms with Gasteiger partial charge in [-0.1, -0.05) is 6.07 Å². The quantitative estimate of drug-likeness (QED) is 0.666. The molecule has 21 heavy (non-hydrogen) atoms. The van der Waals surface area contributed by atoms with Crippen molar-refractivity contribution >= 4 is 17.3 Å². The van der Waals surface area contributed by atoms with Crippen LogP contribution in [0.3, 0.4) is 0 Å². The first-order chi connectivity index (χ1) is 10.2. The molecular weight excluding hydrogens is 268 g/mol. The second-order valence-corrected chi connectivity index (χ2v) is 5.35. The van der Waals surface area contributed by atoms with Crippen LogP contribution in [0.15, 0.2) is 18.2 Å². The third-order valence-corrected chi connectivity index (χ3v) is 3.90. The van der Waals surface area contributed by atoms with Gasteiger partial charge in [-0.2, -0.15) is 0 Å². The van der Waals surface area contributed by atoms with Gasteiger partial charge < -0.3 is 20.1 Å². The fourth-order valence-corrected chi connectivity index (χ4v) is 2.85. The number of hydrogen-bond donors (Lipinski definition) is 1. The first kappa shape index (κ1) is 15.6. The first-order valence-corrected chi connectivity index (χ1v) is 7.46. The van der Waals surface area contributed by atoms with E-state index >= 15 is 0 Å². The Morgan fingerprint density at radius 2 is 2.10 bits per heavy atom. The number of anilines is 2. The molecule has 5 heteroatoms. The summed E-state index contributed by atoms with van der Waals surface area (Å²) in [7, 11) is 1.74. The zero-order valence-electron chi connectivity index (χ0n) is 12.8. The number of nitrogens with two attached hydrogens (primary N) is 1. The molecule has 1 aliphatic heterocycles. The number of carbonyl (C=O) groups is 1. The van der Waals surface area contributed by atoms with Gasteiger partial charge in [0, 0.05) is 26.8 Å². The molecule has 0 bridgehead atoms. The average molecular weight is 292 g/mol. The lowest BCUT2D eigenvalue weighted by Gasteiger charge is -2.34. The first-order valence-electron chi connectivity index (χ1n) is 7.46. The Morgan fingerprint density at radius 1 is 1.38 bits per heavy atom. The monoisotopic (exact) mass is 292 g/mol.